The number of aliphatic hydroxyl groups is 1. The molecule has 1 aromatic heterocycles. The van der Waals surface area contributed by atoms with Crippen LogP contribution in [0.25, 0.3) is 0 Å². The van der Waals surface area contributed by atoms with E-state index in [1.54, 1.807) is 31.1 Å². The van der Waals surface area contributed by atoms with E-state index in [0.29, 0.717) is 0 Å². The van der Waals surface area contributed by atoms with Crippen LogP contribution < -0.4 is 0 Å². The van der Waals surface area contributed by atoms with E-state index in [4.69, 9.17) is 0 Å². The summed E-state index contributed by atoms with van der Waals surface area (Å²) < 4.78 is 0.916. The SMILES string of the molecule is C[C@H](O)c1ccc(Sc2ncc[nH]2)cc1Br. The molecule has 2 rings (SSSR count). The van der Waals surface area contributed by atoms with Crippen LogP contribution in [0.15, 0.2) is 45.1 Å². The van der Waals surface area contributed by atoms with Crippen molar-refractivity contribution in [2.75, 3.05) is 0 Å². The maximum atomic E-state index is 9.50. The third-order valence-corrected chi connectivity index (χ3v) is 3.70. The average molecular weight is 299 g/mol. The lowest BCUT2D eigenvalue weighted by Crippen LogP contribution is -1.92. The molecule has 2 N–H and O–H groups in total. The quantitative estimate of drug-likeness (QED) is 0.913. The lowest BCUT2D eigenvalue weighted by atomic mass is 10.1. The number of imidazole rings is 1. The first kappa shape index (κ1) is 11.7. The summed E-state index contributed by atoms with van der Waals surface area (Å²) >= 11 is 5.00. The van der Waals surface area contributed by atoms with Gasteiger partial charge in [-0.3, -0.25) is 0 Å². The highest BCUT2D eigenvalue weighted by atomic mass is 79.9. The summed E-state index contributed by atoms with van der Waals surface area (Å²) in [5.41, 5.74) is 0.892. The topological polar surface area (TPSA) is 48.9 Å². The zero-order chi connectivity index (χ0) is 11.5. The van der Waals surface area contributed by atoms with Crippen molar-refractivity contribution in [3.63, 3.8) is 0 Å². The molecule has 0 fully saturated rings. The fraction of sp³-hybridized carbons (Fsp3) is 0.182. The van der Waals surface area contributed by atoms with E-state index < -0.39 is 6.10 Å². The summed E-state index contributed by atoms with van der Waals surface area (Å²) in [6.07, 6.45) is 3.06. The molecule has 0 saturated heterocycles. The first-order valence-corrected chi connectivity index (χ1v) is 6.42. The summed E-state index contributed by atoms with van der Waals surface area (Å²) in [7, 11) is 0. The Morgan fingerprint density at radius 3 is 2.88 bits per heavy atom. The Morgan fingerprint density at radius 1 is 1.50 bits per heavy atom. The highest BCUT2D eigenvalue weighted by Crippen LogP contribution is 2.31. The molecule has 5 heteroatoms. The van der Waals surface area contributed by atoms with Crippen LogP contribution in [0.1, 0.15) is 18.6 Å². The predicted octanol–water partition coefficient (Wildman–Crippen LogP) is 3.38. The molecule has 0 spiro atoms. The van der Waals surface area contributed by atoms with Crippen molar-refractivity contribution < 1.29 is 5.11 Å². The molecule has 1 atom stereocenters. The van der Waals surface area contributed by atoms with E-state index in [1.807, 2.05) is 18.2 Å². The molecule has 1 aromatic carbocycles. The Kier molecular flexibility index (Phi) is 3.68. The van der Waals surface area contributed by atoms with Crippen LogP contribution >= 0.6 is 27.7 Å². The minimum Gasteiger partial charge on any atom is -0.389 e. The van der Waals surface area contributed by atoms with E-state index in [2.05, 4.69) is 25.9 Å². The normalized spacial score (nSPS) is 12.7. The maximum Gasteiger partial charge on any atom is 0.170 e. The third kappa shape index (κ3) is 2.66. The van der Waals surface area contributed by atoms with Crippen molar-refractivity contribution in [3.8, 4) is 0 Å². The molecule has 0 saturated carbocycles. The monoisotopic (exact) mass is 298 g/mol. The molecule has 0 aliphatic rings. The summed E-state index contributed by atoms with van der Waals surface area (Å²) in [6.45, 7) is 1.75. The van der Waals surface area contributed by atoms with Crippen molar-refractivity contribution in [1.82, 2.24) is 9.97 Å². The fourth-order valence-corrected chi connectivity index (χ4v) is 2.97. The molecular weight excluding hydrogens is 288 g/mol. The summed E-state index contributed by atoms with van der Waals surface area (Å²) in [6, 6.07) is 5.87. The van der Waals surface area contributed by atoms with Gasteiger partial charge in [0.2, 0.25) is 0 Å². The number of hydrogen-bond donors (Lipinski definition) is 2. The van der Waals surface area contributed by atoms with Crippen molar-refractivity contribution in [2.45, 2.75) is 23.1 Å². The van der Waals surface area contributed by atoms with Gasteiger partial charge in [0.15, 0.2) is 5.16 Å². The molecule has 84 valence electrons. The molecular formula is C11H11BrN2OS. The highest BCUT2D eigenvalue weighted by molar-refractivity contribution is 9.10. The van der Waals surface area contributed by atoms with E-state index in [0.717, 1.165) is 20.1 Å². The van der Waals surface area contributed by atoms with Crippen LogP contribution in [0.3, 0.4) is 0 Å². The van der Waals surface area contributed by atoms with Gasteiger partial charge in [-0.25, -0.2) is 4.98 Å². The minimum absolute atomic E-state index is 0.461. The predicted molar refractivity (Wildman–Crippen MR) is 67.5 cm³/mol. The van der Waals surface area contributed by atoms with Crippen LogP contribution in [0.4, 0.5) is 0 Å². The van der Waals surface area contributed by atoms with Crippen LogP contribution in [-0.2, 0) is 0 Å². The number of benzene rings is 1. The summed E-state index contributed by atoms with van der Waals surface area (Å²) in [4.78, 5) is 8.25. The third-order valence-electron chi connectivity index (χ3n) is 2.11. The Balaban J connectivity index is 2.21. The molecule has 0 aliphatic carbocycles. The molecule has 3 nitrogen and oxygen atoms in total. The maximum absolute atomic E-state index is 9.50. The number of nitrogens with one attached hydrogen (secondary N) is 1. The van der Waals surface area contributed by atoms with Crippen LogP contribution in [0.2, 0.25) is 0 Å². The number of rotatable bonds is 3. The first-order valence-electron chi connectivity index (χ1n) is 4.81. The van der Waals surface area contributed by atoms with Gasteiger partial charge in [0.05, 0.1) is 6.10 Å². The number of hydrogen-bond acceptors (Lipinski definition) is 3. The Morgan fingerprint density at radius 2 is 2.31 bits per heavy atom. The van der Waals surface area contributed by atoms with Gasteiger partial charge in [-0.15, -0.1) is 0 Å². The fourth-order valence-electron chi connectivity index (χ4n) is 1.33. The molecule has 16 heavy (non-hydrogen) atoms. The molecule has 0 bridgehead atoms. The van der Waals surface area contributed by atoms with Crippen LogP contribution in [-0.4, -0.2) is 15.1 Å². The van der Waals surface area contributed by atoms with Gasteiger partial charge in [0.1, 0.15) is 0 Å². The smallest absolute Gasteiger partial charge is 0.170 e. The van der Waals surface area contributed by atoms with Gasteiger partial charge in [-0.2, -0.15) is 0 Å². The molecule has 0 aliphatic heterocycles. The van der Waals surface area contributed by atoms with E-state index >= 15 is 0 Å². The van der Waals surface area contributed by atoms with Crippen LogP contribution in [0.5, 0.6) is 0 Å². The Labute approximate surface area is 106 Å². The molecule has 0 unspecified atom stereocenters. The average Bonchev–Trinajstić information content (AvgIpc) is 2.70. The second-order valence-electron chi connectivity index (χ2n) is 3.36. The Bertz CT molecular complexity index is 471. The molecule has 2 aromatic rings. The number of aliphatic hydroxyl groups excluding tert-OH is 1. The zero-order valence-corrected chi connectivity index (χ0v) is 11.0. The van der Waals surface area contributed by atoms with Crippen molar-refractivity contribution in [3.05, 3.63) is 40.6 Å². The standard InChI is InChI=1S/C11H11BrN2OS/c1-7(15)9-3-2-8(6-10(9)12)16-11-13-4-5-14-11/h2-7,15H,1H3,(H,13,14)/t7-/m0/s1. The number of H-pyrrole nitrogens is 1. The summed E-state index contributed by atoms with van der Waals surface area (Å²) in [5, 5.41) is 10.4. The van der Waals surface area contributed by atoms with Crippen molar-refractivity contribution in [2.24, 2.45) is 0 Å². The summed E-state index contributed by atoms with van der Waals surface area (Å²) in [5.74, 6) is 0. The Hall–Kier alpha value is -0.780. The molecule has 1 heterocycles. The lowest BCUT2D eigenvalue weighted by Gasteiger charge is -2.08. The van der Waals surface area contributed by atoms with Crippen molar-refractivity contribution >= 4 is 27.7 Å². The second-order valence-corrected chi connectivity index (χ2v) is 5.27. The van der Waals surface area contributed by atoms with Gasteiger partial charge in [-0.05, 0) is 24.6 Å². The van der Waals surface area contributed by atoms with Crippen molar-refractivity contribution in [1.29, 1.82) is 0 Å². The van der Waals surface area contributed by atoms with E-state index in [9.17, 15) is 5.11 Å². The number of aromatic nitrogens is 2. The van der Waals surface area contributed by atoms with Gasteiger partial charge >= 0.3 is 0 Å². The molecule has 0 radical (unpaired) electrons. The number of aromatic amines is 1. The van der Waals surface area contributed by atoms with E-state index in [1.165, 1.54) is 0 Å². The number of halogens is 1. The van der Waals surface area contributed by atoms with Gasteiger partial charge < -0.3 is 10.1 Å². The van der Waals surface area contributed by atoms with Gasteiger partial charge in [0.25, 0.3) is 0 Å². The van der Waals surface area contributed by atoms with Gasteiger partial charge in [-0.1, -0.05) is 33.8 Å². The largest absolute Gasteiger partial charge is 0.389 e. The lowest BCUT2D eigenvalue weighted by molar-refractivity contribution is 0.198. The second kappa shape index (κ2) is 5.03. The van der Waals surface area contributed by atoms with Gasteiger partial charge in [0, 0.05) is 21.8 Å². The first-order chi connectivity index (χ1) is 7.66. The van der Waals surface area contributed by atoms with Crippen LogP contribution in [0, 0.1) is 0 Å². The van der Waals surface area contributed by atoms with E-state index in [-0.39, 0.29) is 0 Å². The molecule has 0 amide bonds. The zero-order valence-electron chi connectivity index (χ0n) is 8.64. The number of nitrogens with zero attached hydrogens (tertiary/aromatic N) is 1. The minimum atomic E-state index is -0.461. The highest BCUT2D eigenvalue weighted by Gasteiger charge is 2.07.